The van der Waals surface area contributed by atoms with Crippen LogP contribution >= 0.6 is 0 Å². The molecule has 0 heterocycles. The van der Waals surface area contributed by atoms with Gasteiger partial charge in [0.25, 0.3) is 0 Å². The number of hydrogen-bond donors (Lipinski definition) is 1. The molecule has 4 aliphatic carbocycles. The minimum Gasteiger partial charge on any atom is -0.497 e. The first-order chi connectivity index (χ1) is 12.7. The van der Waals surface area contributed by atoms with E-state index in [1.54, 1.807) is 12.7 Å². The average Bonchev–Trinajstić information content (AvgIpc) is 3.58. The zero-order chi connectivity index (χ0) is 17.7. The monoisotopic (exact) mass is 347 g/mol. The van der Waals surface area contributed by atoms with E-state index in [-0.39, 0.29) is 11.3 Å². The maximum absolute atomic E-state index is 13.0. The van der Waals surface area contributed by atoms with Gasteiger partial charge in [0.05, 0.1) is 12.5 Å². The average molecular weight is 347 g/mol. The van der Waals surface area contributed by atoms with Crippen molar-refractivity contribution in [2.75, 3.05) is 7.11 Å². The molecule has 0 spiro atoms. The molecule has 0 radical (unpaired) electrons. The number of fused-ring (bicyclic) bond motifs is 1. The van der Waals surface area contributed by atoms with Gasteiger partial charge in [-0.15, -0.1) is 0 Å². The van der Waals surface area contributed by atoms with Gasteiger partial charge in [-0.1, -0.05) is 29.9 Å². The molecule has 1 amide bonds. The zero-order valence-corrected chi connectivity index (χ0v) is 15.3. The van der Waals surface area contributed by atoms with Crippen molar-refractivity contribution < 1.29 is 9.53 Å². The van der Waals surface area contributed by atoms with Crippen molar-refractivity contribution in [2.24, 2.45) is 11.8 Å². The van der Waals surface area contributed by atoms with Crippen molar-refractivity contribution in [3.05, 3.63) is 64.9 Å². The highest BCUT2D eigenvalue weighted by molar-refractivity contribution is 5.92. The lowest BCUT2D eigenvalue weighted by Gasteiger charge is -2.21. The number of carbonyl (C=O) groups is 1. The summed E-state index contributed by atoms with van der Waals surface area (Å²) in [5.41, 5.74) is 4.77. The largest absolute Gasteiger partial charge is 0.497 e. The van der Waals surface area contributed by atoms with Crippen LogP contribution < -0.4 is 10.1 Å². The number of rotatable bonds is 5. The molecule has 26 heavy (non-hydrogen) atoms. The third-order valence-corrected chi connectivity index (χ3v) is 6.44. The van der Waals surface area contributed by atoms with Gasteiger partial charge in [-0.2, -0.15) is 0 Å². The lowest BCUT2D eigenvalue weighted by atomic mass is 9.91. The summed E-state index contributed by atoms with van der Waals surface area (Å²) in [6.45, 7) is 0. The lowest BCUT2D eigenvalue weighted by Crippen LogP contribution is -2.34. The van der Waals surface area contributed by atoms with Gasteiger partial charge in [0, 0.05) is 5.70 Å². The summed E-state index contributed by atoms with van der Waals surface area (Å²) in [6, 6.07) is 7.93. The Labute approximate surface area is 154 Å². The maximum Gasteiger partial charge on any atom is 0.235 e. The van der Waals surface area contributed by atoms with Crippen LogP contribution in [0.5, 0.6) is 5.75 Å². The number of allylic oxidation sites excluding steroid dienone is 5. The molecule has 0 aromatic heterocycles. The first kappa shape index (κ1) is 15.9. The molecule has 134 valence electrons. The van der Waals surface area contributed by atoms with E-state index in [1.807, 2.05) is 24.3 Å². The fraction of sp³-hybridized carbons (Fsp3) is 0.435. The molecule has 5 rings (SSSR count). The number of nitrogens with one attached hydrogen (secondary N) is 1. The van der Waals surface area contributed by atoms with Crippen LogP contribution in [0.25, 0.3) is 0 Å². The van der Waals surface area contributed by atoms with Gasteiger partial charge >= 0.3 is 0 Å². The summed E-state index contributed by atoms with van der Waals surface area (Å²) in [6.07, 6.45) is 13.7. The van der Waals surface area contributed by atoms with E-state index < -0.39 is 0 Å². The molecular weight excluding hydrogens is 322 g/mol. The van der Waals surface area contributed by atoms with Gasteiger partial charge in [0.15, 0.2) is 0 Å². The highest BCUT2D eigenvalue weighted by Crippen LogP contribution is 2.49. The van der Waals surface area contributed by atoms with Gasteiger partial charge in [0.1, 0.15) is 5.75 Å². The molecule has 2 fully saturated rings. The van der Waals surface area contributed by atoms with Crippen molar-refractivity contribution in [3.63, 3.8) is 0 Å². The van der Waals surface area contributed by atoms with E-state index in [9.17, 15) is 4.79 Å². The SMILES string of the molecule is COc1ccc(C2(C(=O)NC3=CCC4CC(C5CC5)=CC4=C3)CC2)cc1. The zero-order valence-electron chi connectivity index (χ0n) is 15.3. The summed E-state index contributed by atoms with van der Waals surface area (Å²) in [4.78, 5) is 13.0. The van der Waals surface area contributed by atoms with E-state index in [2.05, 4.69) is 23.5 Å². The highest BCUT2D eigenvalue weighted by atomic mass is 16.5. The van der Waals surface area contributed by atoms with Crippen molar-refractivity contribution in [1.29, 1.82) is 0 Å². The van der Waals surface area contributed by atoms with Crippen LogP contribution in [0.1, 0.15) is 44.1 Å². The van der Waals surface area contributed by atoms with Gasteiger partial charge < -0.3 is 10.1 Å². The first-order valence-electron chi connectivity index (χ1n) is 9.76. The van der Waals surface area contributed by atoms with E-state index in [0.29, 0.717) is 5.92 Å². The van der Waals surface area contributed by atoms with Gasteiger partial charge in [-0.3, -0.25) is 4.79 Å². The standard InChI is InChI=1S/C23H25NO2/c1-26-21-8-5-19(6-9-21)23(10-11-23)22(25)24-20-7-4-16-12-17(15-2-3-15)13-18(16)14-20/h5-9,13-16H,2-4,10-12H2,1H3,(H,24,25). The van der Waals surface area contributed by atoms with E-state index in [1.165, 1.54) is 24.8 Å². The molecule has 0 aliphatic heterocycles. The van der Waals surface area contributed by atoms with Gasteiger partial charge in [-0.25, -0.2) is 0 Å². The number of amides is 1. The Hall–Kier alpha value is -2.29. The second kappa shape index (κ2) is 5.87. The molecule has 3 heteroatoms. The predicted octanol–water partition coefficient (Wildman–Crippen LogP) is 4.41. The lowest BCUT2D eigenvalue weighted by molar-refractivity contribution is -0.122. The fourth-order valence-corrected chi connectivity index (χ4v) is 4.44. The van der Waals surface area contributed by atoms with E-state index in [4.69, 9.17) is 4.74 Å². The molecule has 3 nitrogen and oxygen atoms in total. The van der Waals surface area contributed by atoms with E-state index >= 15 is 0 Å². The second-order valence-electron chi connectivity index (χ2n) is 8.20. The third-order valence-electron chi connectivity index (χ3n) is 6.44. The van der Waals surface area contributed by atoms with Crippen LogP contribution in [0.15, 0.2) is 59.3 Å². The van der Waals surface area contributed by atoms with Gasteiger partial charge in [0.2, 0.25) is 5.91 Å². The normalized spacial score (nSPS) is 25.6. The van der Waals surface area contributed by atoms with Gasteiger partial charge in [-0.05, 0) is 79.7 Å². The first-order valence-corrected chi connectivity index (χ1v) is 9.76. The fourth-order valence-electron chi connectivity index (χ4n) is 4.44. The Bertz CT molecular complexity index is 835. The quantitative estimate of drug-likeness (QED) is 0.856. The Morgan fingerprint density at radius 1 is 1.12 bits per heavy atom. The number of ether oxygens (including phenoxy) is 1. The summed E-state index contributed by atoms with van der Waals surface area (Å²) < 4.78 is 5.23. The van der Waals surface area contributed by atoms with Crippen molar-refractivity contribution in [3.8, 4) is 5.75 Å². The minimum absolute atomic E-state index is 0.133. The number of methoxy groups -OCH3 is 1. The predicted molar refractivity (Wildman–Crippen MR) is 102 cm³/mol. The molecule has 0 bridgehead atoms. The Balaban J connectivity index is 1.31. The third kappa shape index (κ3) is 2.70. The van der Waals surface area contributed by atoms with Crippen LogP contribution in [0, 0.1) is 11.8 Å². The van der Waals surface area contributed by atoms with Crippen LogP contribution in [-0.4, -0.2) is 13.0 Å². The molecule has 1 aromatic rings. The summed E-state index contributed by atoms with van der Waals surface area (Å²) in [5, 5.41) is 3.21. The summed E-state index contributed by atoms with van der Waals surface area (Å²) in [7, 11) is 1.66. The van der Waals surface area contributed by atoms with Crippen LogP contribution in [-0.2, 0) is 10.2 Å². The van der Waals surface area contributed by atoms with Crippen LogP contribution in [0.3, 0.4) is 0 Å². The molecule has 4 aliphatic rings. The van der Waals surface area contributed by atoms with Crippen molar-refractivity contribution >= 4 is 5.91 Å². The smallest absolute Gasteiger partial charge is 0.235 e. The Morgan fingerprint density at radius 3 is 2.54 bits per heavy atom. The van der Waals surface area contributed by atoms with E-state index in [0.717, 1.165) is 42.2 Å². The number of benzene rings is 1. The number of carbonyl (C=O) groups excluding carboxylic acids is 1. The topological polar surface area (TPSA) is 38.3 Å². The molecule has 0 saturated heterocycles. The van der Waals surface area contributed by atoms with Crippen LogP contribution in [0.4, 0.5) is 0 Å². The molecule has 1 atom stereocenters. The summed E-state index contributed by atoms with van der Waals surface area (Å²) in [5.74, 6) is 2.45. The second-order valence-corrected chi connectivity index (χ2v) is 8.20. The maximum atomic E-state index is 13.0. The van der Waals surface area contributed by atoms with Crippen LogP contribution in [0.2, 0.25) is 0 Å². The molecule has 2 saturated carbocycles. The molecule has 1 unspecified atom stereocenters. The Morgan fingerprint density at radius 2 is 1.88 bits per heavy atom. The highest BCUT2D eigenvalue weighted by Gasteiger charge is 2.51. The molecule has 1 aromatic carbocycles. The van der Waals surface area contributed by atoms with Crippen molar-refractivity contribution in [1.82, 2.24) is 5.32 Å². The Kier molecular flexibility index (Phi) is 3.59. The summed E-state index contributed by atoms with van der Waals surface area (Å²) >= 11 is 0. The van der Waals surface area contributed by atoms with Crippen molar-refractivity contribution in [2.45, 2.75) is 43.9 Å². The minimum atomic E-state index is -0.354. The molecular formula is C23H25NO2. The molecule has 1 N–H and O–H groups in total. The number of hydrogen-bond acceptors (Lipinski definition) is 2.